The minimum atomic E-state index is -0.390. The maximum Gasteiger partial charge on any atom is 0.120 e. The van der Waals surface area contributed by atoms with Gasteiger partial charge in [0.05, 0.1) is 13.7 Å². The molecule has 0 heterocycles. The number of hydrogen-bond donors (Lipinski definition) is 3. The Morgan fingerprint density at radius 1 is 1.00 bits per heavy atom. The first-order valence-electron chi connectivity index (χ1n) is 12.6. The number of hydrogen-bond acceptors (Lipinski definition) is 6. The molecule has 3 aromatic rings. The van der Waals surface area contributed by atoms with E-state index in [1.807, 2.05) is 44.2 Å². The van der Waals surface area contributed by atoms with E-state index >= 15 is 0 Å². The summed E-state index contributed by atoms with van der Waals surface area (Å²) in [7, 11) is 1.68. The molecule has 0 saturated heterocycles. The van der Waals surface area contributed by atoms with Crippen LogP contribution in [-0.4, -0.2) is 42.6 Å². The fourth-order valence-corrected chi connectivity index (χ4v) is 4.86. The van der Waals surface area contributed by atoms with Gasteiger partial charge in [0.2, 0.25) is 0 Å². The molecule has 6 heteroatoms. The van der Waals surface area contributed by atoms with Gasteiger partial charge >= 0.3 is 0 Å². The Morgan fingerprint density at radius 2 is 1.75 bits per heavy atom. The first kappa shape index (κ1) is 25.9. The lowest BCUT2D eigenvalue weighted by molar-refractivity contribution is 0.243. The number of benzene rings is 3. The molecule has 36 heavy (non-hydrogen) atoms. The maximum absolute atomic E-state index is 9.92. The van der Waals surface area contributed by atoms with Crippen molar-refractivity contribution in [3.8, 4) is 17.2 Å². The van der Waals surface area contributed by atoms with Crippen molar-refractivity contribution in [2.75, 3.05) is 31.8 Å². The zero-order chi connectivity index (χ0) is 25.7. The topological polar surface area (TPSA) is 88.2 Å². The van der Waals surface area contributed by atoms with Crippen molar-refractivity contribution < 1.29 is 19.7 Å². The maximum atomic E-state index is 9.92. The predicted octanol–water partition coefficient (Wildman–Crippen LogP) is 4.79. The summed E-state index contributed by atoms with van der Waals surface area (Å²) in [6, 6.07) is 20.0. The molecule has 1 atom stereocenters. The SMILES string of the molecule is COc1ccc(C2CCc3cc(O)ccc3C2)c(N(CCO)Cc2ccc(OCC(C)(C)N)cc2)c1. The number of phenolic OH excluding ortho intramolecular Hbond substituents is 1. The highest BCUT2D eigenvalue weighted by atomic mass is 16.5. The lowest BCUT2D eigenvalue weighted by Gasteiger charge is -2.32. The van der Waals surface area contributed by atoms with E-state index in [1.165, 1.54) is 16.7 Å². The average Bonchev–Trinajstić information content (AvgIpc) is 2.87. The molecule has 0 bridgehead atoms. The predicted molar refractivity (Wildman–Crippen MR) is 144 cm³/mol. The first-order chi connectivity index (χ1) is 17.3. The second-order valence-corrected chi connectivity index (χ2v) is 10.4. The van der Waals surface area contributed by atoms with E-state index in [-0.39, 0.29) is 12.1 Å². The van der Waals surface area contributed by atoms with Gasteiger partial charge in [-0.2, -0.15) is 0 Å². The third kappa shape index (κ3) is 6.50. The summed E-state index contributed by atoms with van der Waals surface area (Å²) < 4.78 is 11.4. The van der Waals surface area contributed by atoms with Crippen molar-refractivity contribution in [1.82, 2.24) is 0 Å². The standard InChI is InChI=1S/C30H38N2O4/c1-30(2,31)20-36-26-10-4-21(5-11-26)19-32(14-15-33)29-18-27(35-3)12-13-28(29)24-7-6-23-17-25(34)9-8-22(23)16-24/h4-5,8-13,17-18,24,33-34H,6-7,14-16,19-20,31H2,1-3H3. The van der Waals surface area contributed by atoms with Crippen LogP contribution in [0.2, 0.25) is 0 Å². The van der Waals surface area contributed by atoms with Gasteiger partial charge in [0.25, 0.3) is 0 Å². The number of aromatic hydroxyl groups is 1. The minimum absolute atomic E-state index is 0.0518. The summed E-state index contributed by atoms with van der Waals surface area (Å²) in [6.45, 7) is 5.54. The Morgan fingerprint density at radius 3 is 2.44 bits per heavy atom. The molecule has 0 fully saturated rings. The molecule has 4 N–H and O–H groups in total. The highest BCUT2D eigenvalue weighted by Crippen LogP contribution is 2.40. The van der Waals surface area contributed by atoms with Crippen molar-refractivity contribution in [3.63, 3.8) is 0 Å². The van der Waals surface area contributed by atoms with Crippen LogP contribution in [0.4, 0.5) is 5.69 Å². The van der Waals surface area contributed by atoms with Crippen LogP contribution in [-0.2, 0) is 19.4 Å². The van der Waals surface area contributed by atoms with Crippen LogP contribution < -0.4 is 20.1 Å². The van der Waals surface area contributed by atoms with Crippen LogP contribution in [0.1, 0.15) is 48.4 Å². The van der Waals surface area contributed by atoms with Crippen LogP contribution in [0, 0.1) is 0 Å². The summed E-state index contributed by atoms with van der Waals surface area (Å²) in [5, 5.41) is 19.8. The van der Waals surface area contributed by atoms with Gasteiger partial charge in [-0.05, 0) is 91.6 Å². The van der Waals surface area contributed by atoms with Gasteiger partial charge in [-0.15, -0.1) is 0 Å². The number of anilines is 1. The van der Waals surface area contributed by atoms with E-state index in [0.717, 1.165) is 42.0 Å². The van der Waals surface area contributed by atoms with Crippen molar-refractivity contribution in [2.45, 2.75) is 51.1 Å². The fraction of sp³-hybridized carbons (Fsp3) is 0.400. The van der Waals surface area contributed by atoms with E-state index in [4.69, 9.17) is 15.2 Å². The van der Waals surface area contributed by atoms with E-state index in [1.54, 1.807) is 13.2 Å². The number of fused-ring (bicyclic) bond motifs is 1. The van der Waals surface area contributed by atoms with Crippen LogP contribution in [0.15, 0.2) is 60.7 Å². The van der Waals surface area contributed by atoms with Crippen molar-refractivity contribution >= 4 is 5.69 Å². The van der Waals surface area contributed by atoms with Crippen molar-refractivity contribution in [2.24, 2.45) is 5.73 Å². The van der Waals surface area contributed by atoms with E-state index in [2.05, 4.69) is 29.2 Å². The third-order valence-corrected chi connectivity index (χ3v) is 6.71. The first-order valence-corrected chi connectivity index (χ1v) is 12.6. The normalized spacial score (nSPS) is 15.3. The Bertz CT molecular complexity index is 1150. The lowest BCUT2D eigenvalue weighted by Crippen LogP contribution is -2.38. The molecule has 0 aliphatic heterocycles. The van der Waals surface area contributed by atoms with Crippen molar-refractivity contribution in [1.29, 1.82) is 0 Å². The number of aliphatic hydroxyl groups is 1. The van der Waals surface area contributed by atoms with Gasteiger partial charge in [-0.1, -0.05) is 24.3 Å². The molecule has 0 aromatic heterocycles. The molecule has 0 saturated carbocycles. The van der Waals surface area contributed by atoms with E-state index in [9.17, 15) is 10.2 Å². The van der Waals surface area contributed by atoms with Crippen molar-refractivity contribution in [3.05, 3.63) is 82.9 Å². The zero-order valence-corrected chi connectivity index (χ0v) is 21.5. The highest BCUT2D eigenvalue weighted by Gasteiger charge is 2.25. The number of rotatable bonds is 10. The molecule has 1 unspecified atom stereocenters. The summed E-state index contributed by atoms with van der Waals surface area (Å²) in [5.41, 5.74) is 11.6. The summed E-state index contributed by atoms with van der Waals surface area (Å²) >= 11 is 0. The molecule has 0 amide bonds. The largest absolute Gasteiger partial charge is 0.508 e. The van der Waals surface area contributed by atoms with E-state index in [0.29, 0.717) is 31.4 Å². The molecule has 192 valence electrons. The highest BCUT2D eigenvalue weighted by molar-refractivity contribution is 5.60. The molecule has 4 rings (SSSR count). The molecule has 0 spiro atoms. The van der Waals surface area contributed by atoms with Crippen LogP contribution >= 0.6 is 0 Å². The number of phenols is 1. The Labute approximate surface area is 214 Å². The Kier molecular flexibility index (Phi) is 8.07. The third-order valence-electron chi connectivity index (χ3n) is 6.71. The van der Waals surface area contributed by atoms with Gasteiger partial charge in [-0.3, -0.25) is 0 Å². The average molecular weight is 491 g/mol. The summed E-state index contributed by atoms with van der Waals surface area (Å²) in [4.78, 5) is 2.23. The Balaban J connectivity index is 1.58. The van der Waals surface area contributed by atoms with Gasteiger partial charge in [0.15, 0.2) is 0 Å². The molecule has 0 radical (unpaired) electrons. The molecule has 3 aromatic carbocycles. The molecule has 6 nitrogen and oxygen atoms in total. The Hall–Kier alpha value is -3.22. The number of methoxy groups -OCH3 is 1. The molecule has 1 aliphatic rings. The lowest BCUT2D eigenvalue weighted by atomic mass is 9.79. The van der Waals surface area contributed by atoms with Gasteiger partial charge in [0, 0.05) is 30.4 Å². The van der Waals surface area contributed by atoms with Gasteiger partial charge < -0.3 is 30.3 Å². The molecular weight excluding hydrogens is 452 g/mol. The quantitative estimate of drug-likeness (QED) is 0.379. The van der Waals surface area contributed by atoms with Crippen LogP contribution in [0.25, 0.3) is 0 Å². The number of nitrogens with two attached hydrogens (primary N) is 1. The minimum Gasteiger partial charge on any atom is -0.508 e. The molecular formula is C30H38N2O4. The number of ether oxygens (including phenoxy) is 2. The molecule has 1 aliphatic carbocycles. The van der Waals surface area contributed by atoms with E-state index < -0.39 is 0 Å². The monoisotopic (exact) mass is 490 g/mol. The second-order valence-electron chi connectivity index (χ2n) is 10.4. The van der Waals surface area contributed by atoms with Gasteiger partial charge in [-0.25, -0.2) is 0 Å². The van der Waals surface area contributed by atoms with Crippen LogP contribution in [0.3, 0.4) is 0 Å². The zero-order valence-electron chi connectivity index (χ0n) is 21.5. The van der Waals surface area contributed by atoms with Gasteiger partial charge in [0.1, 0.15) is 23.9 Å². The second kappa shape index (κ2) is 11.2. The number of aryl methyl sites for hydroxylation is 1. The summed E-state index contributed by atoms with van der Waals surface area (Å²) in [6.07, 6.45) is 2.86. The fourth-order valence-electron chi connectivity index (χ4n) is 4.86. The number of aliphatic hydroxyl groups excluding tert-OH is 1. The number of nitrogens with zero attached hydrogens (tertiary/aromatic N) is 1. The smallest absolute Gasteiger partial charge is 0.120 e. The van der Waals surface area contributed by atoms with Crippen LogP contribution in [0.5, 0.6) is 17.2 Å². The summed E-state index contributed by atoms with van der Waals surface area (Å²) in [5.74, 6) is 2.26.